The SMILES string of the molecule is C=Cc1ccccc1O.C=Cc1ccccc1OC(=O)OC(C)(C)C. The first kappa shape index (κ1) is 20.0. The molecule has 2 aromatic rings. The maximum atomic E-state index is 11.4. The van der Waals surface area contributed by atoms with Gasteiger partial charge in [0, 0.05) is 11.1 Å². The summed E-state index contributed by atoms with van der Waals surface area (Å²) < 4.78 is 10.1. The van der Waals surface area contributed by atoms with Gasteiger partial charge in [0.2, 0.25) is 0 Å². The van der Waals surface area contributed by atoms with Crippen LogP contribution in [0.4, 0.5) is 4.79 Å². The Morgan fingerprint density at radius 2 is 1.48 bits per heavy atom. The second kappa shape index (κ2) is 9.33. The van der Waals surface area contributed by atoms with Crippen LogP contribution < -0.4 is 4.74 Å². The number of ether oxygens (including phenoxy) is 2. The average molecular weight is 340 g/mol. The van der Waals surface area contributed by atoms with E-state index in [4.69, 9.17) is 14.6 Å². The van der Waals surface area contributed by atoms with Crippen LogP contribution in [0.1, 0.15) is 31.9 Å². The normalized spacial score (nSPS) is 10.0. The molecule has 0 atom stereocenters. The third kappa shape index (κ3) is 7.40. The van der Waals surface area contributed by atoms with Crippen LogP contribution in [-0.4, -0.2) is 16.9 Å². The first-order valence-corrected chi connectivity index (χ1v) is 7.79. The Bertz CT molecular complexity index is 727. The molecule has 0 unspecified atom stereocenters. The molecule has 0 saturated heterocycles. The second-order valence-electron chi connectivity index (χ2n) is 6.07. The Hall–Kier alpha value is -3.01. The van der Waals surface area contributed by atoms with Crippen LogP contribution in [0.5, 0.6) is 11.5 Å². The second-order valence-corrected chi connectivity index (χ2v) is 6.07. The summed E-state index contributed by atoms with van der Waals surface area (Å²) in [6.45, 7) is 12.5. The molecule has 0 aromatic heterocycles. The molecule has 2 aromatic carbocycles. The topological polar surface area (TPSA) is 55.8 Å². The van der Waals surface area contributed by atoms with E-state index in [9.17, 15) is 4.79 Å². The summed E-state index contributed by atoms with van der Waals surface area (Å²) >= 11 is 0. The van der Waals surface area contributed by atoms with Crippen LogP contribution in [0, 0.1) is 0 Å². The number of benzene rings is 2. The lowest BCUT2D eigenvalue weighted by Gasteiger charge is -2.19. The molecule has 0 amide bonds. The highest BCUT2D eigenvalue weighted by Gasteiger charge is 2.18. The molecule has 0 heterocycles. The van der Waals surface area contributed by atoms with Crippen molar-refractivity contribution in [3.63, 3.8) is 0 Å². The van der Waals surface area contributed by atoms with Gasteiger partial charge in [-0.05, 0) is 32.9 Å². The number of aromatic hydroxyl groups is 1. The summed E-state index contributed by atoms with van der Waals surface area (Å²) in [7, 11) is 0. The van der Waals surface area contributed by atoms with Gasteiger partial charge in [0.05, 0.1) is 0 Å². The van der Waals surface area contributed by atoms with E-state index in [0.29, 0.717) is 5.75 Å². The minimum Gasteiger partial charge on any atom is -0.507 e. The maximum Gasteiger partial charge on any atom is 0.514 e. The fourth-order valence-electron chi connectivity index (χ4n) is 1.76. The average Bonchev–Trinajstić information content (AvgIpc) is 2.54. The molecule has 0 fully saturated rings. The van der Waals surface area contributed by atoms with Gasteiger partial charge in [-0.2, -0.15) is 0 Å². The Labute approximate surface area is 149 Å². The summed E-state index contributed by atoms with van der Waals surface area (Å²) in [6, 6.07) is 14.2. The number of carbonyl (C=O) groups excluding carboxylic acids is 1. The highest BCUT2D eigenvalue weighted by Crippen LogP contribution is 2.20. The van der Waals surface area contributed by atoms with Crippen LogP contribution in [0.15, 0.2) is 61.7 Å². The van der Waals surface area contributed by atoms with E-state index in [0.717, 1.165) is 11.1 Å². The van der Waals surface area contributed by atoms with Gasteiger partial charge >= 0.3 is 6.16 Å². The fourth-order valence-corrected chi connectivity index (χ4v) is 1.76. The Morgan fingerprint density at radius 3 is 1.96 bits per heavy atom. The highest BCUT2D eigenvalue weighted by molar-refractivity contribution is 5.67. The molecule has 25 heavy (non-hydrogen) atoms. The molecular formula is C21H24O4. The molecule has 132 valence electrons. The van der Waals surface area contributed by atoms with Crippen LogP contribution in [0.2, 0.25) is 0 Å². The van der Waals surface area contributed by atoms with Crippen molar-refractivity contribution >= 4 is 18.3 Å². The Kier molecular flexibility index (Phi) is 7.47. The molecule has 4 nitrogen and oxygen atoms in total. The molecule has 0 aliphatic heterocycles. The van der Waals surface area contributed by atoms with E-state index < -0.39 is 11.8 Å². The molecule has 1 N–H and O–H groups in total. The molecular weight excluding hydrogens is 316 g/mol. The summed E-state index contributed by atoms with van der Waals surface area (Å²) in [5, 5.41) is 9.04. The van der Waals surface area contributed by atoms with Gasteiger partial charge in [-0.15, -0.1) is 0 Å². The number of hydrogen-bond donors (Lipinski definition) is 1. The zero-order valence-electron chi connectivity index (χ0n) is 14.9. The monoisotopic (exact) mass is 340 g/mol. The van der Waals surface area contributed by atoms with Gasteiger partial charge < -0.3 is 14.6 Å². The first-order chi connectivity index (χ1) is 11.8. The maximum absolute atomic E-state index is 11.4. The molecule has 0 aliphatic rings. The van der Waals surface area contributed by atoms with Crippen LogP contribution in [-0.2, 0) is 4.74 Å². The number of carbonyl (C=O) groups is 1. The number of hydrogen-bond acceptors (Lipinski definition) is 4. The molecule has 0 saturated carbocycles. The third-order valence-corrected chi connectivity index (χ3v) is 2.88. The standard InChI is InChI=1S/C13H16O3.C8H8O/c1-5-10-8-6-7-9-11(10)15-12(14)16-13(2,3)4;1-2-7-5-3-4-6-8(7)9/h5-9H,1H2,2-4H3;2-6,9H,1H2. The quantitative estimate of drug-likeness (QED) is 0.577. The lowest BCUT2D eigenvalue weighted by Crippen LogP contribution is -2.26. The predicted octanol–water partition coefficient (Wildman–Crippen LogP) is 5.68. The number of phenols is 1. The van der Waals surface area contributed by atoms with Gasteiger partial charge in [0.15, 0.2) is 0 Å². The Balaban J connectivity index is 0.000000293. The van der Waals surface area contributed by atoms with E-state index in [1.807, 2.05) is 24.3 Å². The minimum atomic E-state index is -0.707. The third-order valence-electron chi connectivity index (χ3n) is 2.88. The van der Waals surface area contributed by atoms with Gasteiger partial charge in [-0.3, -0.25) is 0 Å². The molecule has 0 spiro atoms. The summed E-state index contributed by atoms with van der Waals surface area (Å²) in [5.74, 6) is 0.735. The molecule has 0 aliphatic carbocycles. The van der Waals surface area contributed by atoms with Gasteiger partial charge in [0.1, 0.15) is 17.1 Å². The fraction of sp³-hybridized carbons (Fsp3) is 0.190. The molecule has 0 bridgehead atoms. The summed E-state index contributed by atoms with van der Waals surface area (Å²) in [6.07, 6.45) is 2.54. The van der Waals surface area contributed by atoms with Crippen LogP contribution in [0.25, 0.3) is 12.2 Å². The number of para-hydroxylation sites is 2. The van der Waals surface area contributed by atoms with E-state index >= 15 is 0 Å². The van der Waals surface area contributed by atoms with Crippen molar-refractivity contribution in [3.8, 4) is 11.5 Å². The largest absolute Gasteiger partial charge is 0.514 e. The number of phenolic OH excluding ortho intramolecular Hbond substituents is 1. The number of rotatable bonds is 3. The van der Waals surface area contributed by atoms with Crippen molar-refractivity contribution in [2.45, 2.75) is 26.4 Å². The van der Waals surface area contributed by atoms with E-state index in [-0.39, 0.29) is 5.75 Å². The van der Waals surface area contributed by atoms with Crippen molar-refractivity contribution in [1.82, 2.24) is 0 Å². The van der Waals surface area contributed by atoms with Crippen molar-refractivity contribution in [1.29, 1.82) is 0 Å². The molecule has 4 heteroatoms. The Morgan fingerprint density at radius 1 is 0.960 bits per heavy atom. The first-order valence-electron chi connectivity index (χ1n) is 7.79. The van der Waals surface area contributed by atoms with Crippen molar-refractivity contribution in [3.05, 3.63) is 72.8 Å². The highest BCUT2D eigenvalue weighted by atomic mass is 16.7. The van der Waals surface area contributed by atoms with Gasteiger partial charge in [-0.25, -0.2) is 4.79 Å². The zero-order chi connectivity index (χ0) is 18.9. The van der Waals surface area contributed by atoms with Gasteiger partial charge in [-0.1, -0.05) is 61.7 Å². The lowest BCUT2D eigenvalue weighted by molar-refractivity contribution is 0.0206. The van der Waals surface area contributed by atoms with E-state index in [1.165, 1.54) is 0 Å². The molecule has 2 rings (SSSR count). The zero-order valence-corrected chi connectivity index (χ0v) is 14.9. The van der Waals surface area contributed by atoms with E-state index in [2.05, 4.69) is 13.2 Å². The van der Waals surface area contributed by atoms with Crippen molar-refractivity contribution in [2.75, 3.05) is 0 Å². The minimum absolute atomic E-state index is 0.285. The summed E-state index contributed by atoms with van der Waals surface area (Å²) in [4.78, 5) is 11.4. The van der Waals surface area contributed by atoms with Crippen LogP contribution in [0.3, 0.4) is 0 Å². The summed E-state index contributed by atoms with van der Waals surface area (Å²) in [5.41, 5.74) is 0.978. The van der Waals surface area contributed by atoms with Gasteiger partial charge in [0.25, 0.3) is 0 Å². The molecule has 0 radical (unpaired) electrons. The smallest absolute Gasteiger partial charge is 0.507 e. The van der Waals surface area contributed by atoms with Crippen LogP contribution >= 0.6 is 0 Å². The van der Waals surface area contributed by atoms with Crippen molar-refractivity contribution < 1.29 is 19.4 Å². The predicted molar refractivity (Wildman–Crippen MR) is 102 cm³/mol. The van der Waals surface area contributed by atoms with Crippen molar-refractivity contribution in [2.24, 2.45) is 0 Å². The lowest BCUT2D eigenvalue weighted by atomic mass is 10.2. The van der Waals surface area contributed by atoms with E-state index in [1.54, 1.807) is 57.2 Å².